The largest absolute Gasteiger partial charge is 0.327 e. The van der Waals surface area contributed by atoms with E-state index in [0.29, 0.717) is 5.25 Å². The standard InChI is InChI=1S/C11H15NS/c1-7-3-4-10-9(5-7)6-11(13-10)8(2)12/h3-5,8,11H,6,12H2,1-2H3. The van der Waals surface area contributed by atoms with E-state index >= 15 is 0 Å². The average Bonchev–Trinajstić information content (AvgIpc) is 2.46. The predicted molar refractivity (Wildman–Crippen MR) is 58.2 cm³/mol. The van der Waals surface area contributed by atoms with Crippen LogP contribution in [-0.2, 0) is 6.42 Å². The molecule has 2 heteroatoms. The maximum atomic E-state index is 5.89. The summed E-state index contributed by atoms with van der Waals surface area (Å²) in [6.45, 7) is 4.24. The van der Waals surface area contributed by atoms with Gasteiger partial charge in [-0.05, 0) is 31.9 Å². The minimum atomic E-state index is 0.290. The van der Waals surface area contributed by atoms with E-state index in [0.717, 1.165) is 6.42 Å². The molecule has 0 saturated heterocycles. The molecule has 1 aliphatic rings. The Balaban J connectivity index is 2.25. The summed E-state index contributed by atoms with van der Waals surface area (Å²) < 4.78 is 0. The maximum Gasteiger partial charge on any atom is 0.0284 e. The number of benzene rings is 1. The van der Waals surface area contributed by atoms with Crippen molar-refractivity contribution < 1.29 is 0 Å². The van der Waals surface area contributed by atoms with E-state index in [1.165, 1.54) is 16.0 Å². The van der Waals surface area contributed by atoms with Gasteiger partial charge in [-0.25, -0.2) is 0 Å². The average molecular weight is 193 g/mol. The molecule has 0 aromatic heterocycles. The van der Waals surface area contributed by atoms with Crippen molar-refractivity contribution in [3.63, 3.8) is 0 Å². The highest BCUT2D eigenvalue weighted by Gasteiger charge is 2.24. The molecule has 13 heavy (non-hydrogen) atoms. The maximum absolute atomic E-state index is 5.89. The van der Waals surface area contributed by atoms with Crippen molar-refractivity contribution in [2.45, 2.75) is 36.5 Å². The molecule has 0 aliphatic carbocycles. The molecule has 0 spiro atoms. The lowest BCUT2D eigenvalue weighted by atomic mass is 10.0. The number of thioether (sulfide) groups is 1. The van der Waals surface area contributed by atoms with Gasteiger partial charge in [0.05, 0.1) is 0 Å². The van der Waals surface area contributed by atoms with Crippen molar-refractivity contribution in [1.82, 2.24) is 0 Å². The minimum Gasteiger partial charge on any atom is -0.327 e. The molecule has 2 rings (SSSR count). The van der Waals surface area contributed by atoms with Gasteiger partial charge in [0.15, 0.2) is 0 Å². The van der Waals surface area contributed by atoms with Gasteiger partial charge in [-0.1, -0.05) is 17.7 Å². The van der Waals surface area contributed by atoms with Crippen LogP contribution in [0.25, 0.3) is 0 Å². The third kappa shape index (κ3) is 1.74. The zero-order chi connectivity index (χ0) is 9.42. The van der Waals surface area contributed by atoms with Gasteiger partial charge in [0.25, 0.3) is 0 Å². The second-order valence-corrected chi connectivity index (χ2v) is 5.11. The van der Waals surface area contributed by atoms with Crippen molar-refractivity contribution in [3.05, 3.63) is 29.3 Å². The smallest absolute Gasteiger partial charge is 0.0284 e. The molecule has 0 saturated carbocycles. The SMILES string of the molecule is Cc1ccc2c(c1)CC(C(C)N)S2. The zero-order valence-corrected chi connectivity index (χ0v) is 8.90. The topological polar surface area (TPSA) is 26.0 Å². The van der Waals surface area contributed by atoms with Crippen LogP contribution in [0.3, 0.4) is 0 Å². The minimum absolute atomic E-state index is 0.290. The van der Waals surface area contributed by atoms with Crippen LogP contribution in [0.5, 0.6) is 0 Å². The van der Waals surface area contributed by atoms with Crippen LogP contribution in [-0.4, -0.2) is 11.3 Å². The molecule has 1 aliphatic heterocycles. The Morgan fingerprint density at radius 2 is 2.31 bits per heavy atom. The fourth-order valence-electron chi connectivity index (χ4n) is 1.70. The van der Waals surface area contributed by atoms with E-state index < -0.39 is 0 Å². The first-order chi connectivity index (χ1) is 6.16. The van der Waals surface area contributed by atoms with E-state index in [1.807, 2.05) is 11.8 Å². The summed E-state index contributed by atoms with van der Waals surface area (Å²) in [5.74, 6) is 0. The van der Waals surface area contributed by atoms with E-state index in [-0.39, 0.29) is 6.04 Å². The van der Waals surface area contributed by atoms with Gasteiger partial charge in [-0.15, -0.1) is 11.8 Å². The van der Waals surface area contributed by atoms with Crippen molar-refractivity contribution in [1.29, 1.82) is 0 Å². The monoisotopic (exact) mass is 193 g/mol. The fraction of sp³-hybridized carbons (Fsp3) is 0.455. The first-order valence-corrected chi connectivity index (χ1v) is 5.56. The molecular formula is C11H15NS. The van der Waals surface area contributed by atoms with Gasteiger partial charge in [-0.3, -0.25) is 0 Å². The molecule has 1 aromatic carbocycles. The molecular weight excluding hydrogens is 178 g/mol. The van der Waals surface area contributed by atoms with E-state index in [9.17, 15) is 0 Å². The van der Waals surface area contributed by atoms with Crippen LogP contribution < -0.4 is 5.73 Å². The number of nitrogens with two attached hydrogens (primary N) is 1. The summed E-state index contributed by atoms with van der Waals surface area (Å²) in [7, 11) is 0. The lowest BCUT2D eigenvalue weighted by Crippen LogP contribution is -2.28. The van der Waals surface area contributed by atoms with Gasteiger partial charge in [0.1, 0.15) is 0 Å². The third-order valence-electron chi connectivity index (χ3n) is 2.50. The van der Waals surface area contributed by atoms with E-state index in [2.05, 4.69) is 32.0 Å². The molecule has 2 atom stereocenters. The molecule has 0 bridgehead atoms. The fourth-order valence-corrected chi connectivity index (χ4v) is 2.94. The van der Waals surface area contributed by atoms with E-state index in [1.54, 1.807) is 0 Å². The Morgan fingerprint density at radius 1 is 1.54 bits per heavy atom. The van der Waals surface area contributed by atoms with Crippen LogP contribution in [0, 0.1) is 6.92 Å². The lowest BCUT2D eigenvalue weighted by Gasteiger charge is -2.11. The molecule has 2 unspecified atom stereocenters. The van der Waals surface area contributed by atoms with E-state index in [4.69, 9.17) is 5.73 Å². The van der Waals surface area contributed by atoms with Crippen LogP contribution in [0.1, 0.15) is 18.1 Å². The van der Waals surface area contributed by atoms with Crippen LogP contribution >= 0.6 is 11.8 Å². The highest BCUT2D eigenvalue weighted by atomic mass is 32.2. The summed E-state index contributed by atoms with van der Waals surface area (Å²) in [5.41, 5.74) is 8.72. The number of hydrogen-bond donors (Lipinski definition) is 1. The molecule has 1 aromatic rings. The van der Waals surface area contributed by atoms with Gasteiger partial charge in [0.2, 0.25) is 0 Å². The first kappa shape index (κ1) is 9.10. The molecule has 0 amide bonds. The summed E-state index contributed by atoms with van der Waals surface area (Å²) in [4.78, 5) is 1.42. The number of rotatable bonds is 1. The molecule has 0 fully saturated rings. The molecule has 1 heterocycles. The van der Waals surface area contributed by atoms with Crippen LogP contribution in [0.4, 0.5) is 0 Å². The van der Waals surface area contributed by atoms with Gasteiger partial charge in [0, 0.05) is 16.2 Å². The summed E-state index contributed by atoms with van der Waals surface area (Å²) in [5, 5.41) is 0.580. The van der Waals surface area contributed by atoms with Crippen molar-refractivity contribution >= 4 is 11.8 Å². The Hall–Kier alpha value is -0.470. The van der Waals surface area contributed by atoms with Crippen molar-refractivity contribution in [2.24, 2.45) is 5.73 Å². The molecule has 70 valence electrons. The molecule has 0 radical (unpaired) electrons. The Bertz CT molecular complexity index is 320. The summed E-state index contributed by atoms with van der Waals surface area (Å²) in [6.07, 6.45) is 1.14. The normalized spacial score (nSPS) is 22.8. The van der Waals surface area contributed by atoms with Crippen LogP contribution in [0.15, 0.2) is 23.1 Å². The van der Waals surface area contributed by atoms with Gasteiger partial charge < -0.3 is 5.73 Å². The highest BCUT2D eigenvalue weighted by molar-refractivity contribution is 8.00. The van der Waals surface area contributed by atoms with Crippen molar-refractivity contribution in [2.75, 3.05) is 0 Å². The quantitative estimate of drug-likeness (QED) is 0.741. The highest BCUT2D eigenvalue weighted by Crippen LogP contribution is 2.38. The Labute approximate surface area is 83.7 Å². The molecule has 2 N–H and O–H groups in total. The molecule has 1 nitrogen and oxygen atoms in total. The lowest BCUT2D eigenvalue weighted by molar-refractivity contribution is 0.692. The third-order valence-corrected chi connectivity index (χ3v) is 4.05. The summed E-state index contributed by atoms with van der Waals surface area (Å²) in [6, 6.07) is 6.97. The zero-order valence-electron chi connectivity index (χ0n) is 8.08. The van der Waals surface area contributed by atoms with Gasteiger partial charge >= 0.3 is 0 Å². The predicted octanol–water partition coefficient (Wildman–Crippen LogP) is 2.36. The van der Waals surface area contributed by atoms with Crippen LogP contribution in [0.2, 0.25) is 0 Å². The Morgan fingerprint density at radius 3 is 3.00 bits per heavy atom. The van der Waals surface area contributed by atoms with Gasteiger partial charge in [-0.2, -0.15) is 0 Å². The Kier molecular flexibility index (Phi) is 2.35. The number of fused-ring (bicyclic) bond motifs is 1. The second kappa shape index (κ2) is 3.35. The first-order valence-electron chi connectivity index (χ1n) is 4.68. The second-order valence-electron chi connectivity index (χ2n) is 3.83. The summed E-state index contributed by atoms with van der Waals surface area (Å²) >= 11 is 1.93. The number of aryl methyl sites for hydroxylation is 1. The number of hydrogen-bond acceptors (Lipinski definition) is 2. The van der Waals surface area contributed by atoms with Crippen molar-refractivity contribution in [3.8, 4) is 0 Å².